The Labute approximate surface area is 199 Å². The molecule has 2 aliphatic heterocycles. The molecule has 0 spiro atoms. The smallest absolute Gasteiger partial charge is 0.338 e. The van der Waals surface area contributed by atoms with Crippen LogP contribution in [0.3, 0.4) is 0 Å². The highest BCUT2D eigenvalue weighted by molar-refractivity contribution is 7.07. The van der Waals surface area contributed by atoms with Gasteiger partial charge in [-0.05, 0) is 50.1 Å². The number of fused-ring (bicyclic) bond motifs is 2. The molecular formula is C25H24N2O6S. The quantitative estimate of drug-likeness (QED) is 0.503. The summed E-state index contributed by atoms with van der Waals surface area (Å²) < 4.78 is 24.1. The lowest BCUT2D eigenvalue weighted by atomic mass is 9.94. The predicted molar refractivity (Wildman–Crippen MR) is 126 cm³/mol. The van der Waals surface area contributed by atoms with Crippen molar-refractivity contribution in [3.63, 3.8) is 0 Å². The molecule has 2 aliphatic rings. The summed E-state index contributed by atoms with van der Waals surface area (Å²) in [6.07, 6.45) is 3.08. The van der Waals surface area contributed by atoms with E-state index in [1.165, 1.54) is 11.3 Å². The minimum atomic E-state index is -0.702. The second-order valence-corrected chi connectivity index (χ2v) is 8.98. The number of hydrogen-bond acceptors (Lipinski definition) is 8. The molecule has 0 radical (unpaired) electrons. The van der Waals surface area contributed by atoms with Crippen LogP contribution in [0.15, 0.2) is 55.8 Å². The van der Waals surface area contributed by atoms with E-state index in [1.54, 1.807) is 23.6 Å². The minimum absolute atomic E-state index is 0.131. The minimum Gasteiger partial charge on any atom is -0.463 e. The number of carbonyl (C=O) groups excluding carboxylic acids is 1. The van der Waals surface area contributed by atoms with Crippen LogP contribution >= 0.6 is 11.3 Å². The number of aryl methyl sites for hydroxylation is 1. The number of nitrogens with zero attached hydrogens (tertiary/aromatic N) is 2. The molecule has 1 atom stereocenters. The lowest BCUT2D eigenvalue weighted by Gasteiger charge is -2.25. The number of carbonyl (C=O) groups is 1. The number of ether oxygens (including phenoxy) is 3. The topological polar surface area (TPSA) is 92.3 Å². The van der Waals surface area contributed by atoms with Gasteiger partial charge in [0, 0.05) is 6.08 Å². The van der Waals surface area contributed by atoms with Crippen molar-refractivity contribution in [1.29, 1.82) is 0 Å². The summed E-state index contributed by atoms with van der Waals surface area (Å²) in [5.74, 6) is 2.06. The zero-order chi connectivity index (χ0) is 23.8. The molecule has 176 valence electrons. The molecule has 9 heteroatoms. The average molecular weight is 481 g/mol. The SMILES string of the molecule is CCCC1=C(C(=O)OCC)C(c2ccc3c(c2)OCO3)n2c(s/c(=C\c3ccc(C)o3)c2=O)=N1. The molecule has 34 heavy (non-hydrogen) atoms. The van der Waals surface area contributed by atoms with Crippen molar-refractivity contribution in [3.05, 3.63) is 78.4 Å². The van der Waals surface area contributed by atoms with Gasteiger partial charge in [0.15, 0.2) is 16.3 Å². The van der Waals surface area contributed by atoms with Gasteiger partial charge in [-0.1, -0.05) is 30.7 Å². The summed E-state index contributed by atoms with van der Waals surface area (Å²) >= 11 is 1.27. The molecule has 2 aromatic heterocycles. The summed E-state index contributed by atoms with van der Waals surface area (Å²) in [5.41, 5.74) is 1.47. The van der Waals surface area contributed by atoms with Gasteiger partial charge in [-0.25, -0.2) is 9.79 Å². The first-order valence-corrected chi connectivity index (χ1v) is 12.0. The van der Waals surface area contributed by atoms with Crippen molar-refractivity contribution < 1.29 is 23.4 Å². The Balaban J connectivity index is 1.76. The molecule has 5 rings (SSSR count). The first-order valence-electron chi connectivity index (χ1n) is 11.2. The number of hydrogen-bond donors (Lipinski definition) is 0. The van der Waals surface area contributed by atoms with Gasteiger partial charge in [0.05, 0.1) is 28.5 Å². The van der Waals surface area contributed by atoms with Gasteiger partial charge in [0.25, 0.3) is 5.56 Å². The summed E-state index contributed by atoms with van der Waals surface area (Å²) in [5, 5.41) is 0. The van der Waals surface area contributed by atoms with Gasteiger partial charge in [0.2, 0.25) is 6.79 Å². The number of esters is 1. The van der Waals surface area contributed by atoms with Gasteiger partial charge < -0.3 is 18.6 Å². The lowest BCUT2D eigenvalue weighted by Crippen LogP contribution is -2.40. The van der Waals surface area contributed by atoms with Crippen LogP contribution < -0.4 is 24.4 Å². The maximum Gasteiger partial charge on any atom is 0.338 e. The molecule has 8 nitrogen and oxygen atoms in total. The molecule has 1 aromatic carbocycles. The van der Waals surface area contributed by atoms with E-state index in [-0.39, 0.29) is 19.0 Å². The normalized spacial score (nSPS) is 17.0. The highest BCUT2D eigenvalue weighted by Crippen LogP contribution is 2.38. The molecule has 3 aromatic rings. The molecule has 4 heterocycles. The summed E-state index contributed by atoms with van der Waals surface area (Å²) in [6.45, 7) is 5.98. The van der Waals surface area contributed by atoms with Crippen molar-refractivity contribution in [2.45, 2.75) is 39.7 Å². The molecule has 0 fully saturated rings. The van der Waals surface area contributed by atoms with Gasteiger partial charge in [-0.2, -0.15) is 0 Å². The maximum atomic E-state index is 13.6. The van der Waals surface area contributed by atoms with Gasteiger partial charge in [-0.15, -0.1) is 0 Å². The predicted octanol–water partition coefficient (Wildman–Crippen LogP) is 3.21. The number of aromatic nitrogens is 1. The molecule has 1 unspecified atom stereocenters. The van der Waals surface area contributed by atoms with E-state index in [9.17, 15) is 9.59 Å². The standard InChI is InChI=1S/C25H24N2O6S/c1-4-6-17-21(24(29)30-5-2)22(15-8-10-18-19(11-15)32-13-31-18)27-23(28)20(34-25(27)26-17)12-16-9-7-14(3)33-16/h7-12,22H,4-6,13H2,1-3H3/b20-12-. The van der Waals surface area contributed by atoms with E-state index in [1.807, 2.05) is 38.1 Å². The number of thiazole rings is 1. The highest BCUT2D eigenvalue weighted by atomic mass is 32.1. The van der Waals surface area contributed by atoms with Crippen LogP contribution in [0.25, 0.3) is 6.08 Å². The molecule has 0 saturated heterocycles. The van der Waals surface area contributed by atoms with Crippen LogP contribution in [0.2, 0.25) is 0 Å². The number of benzene rings is 1. The fraction of sp³-hybridized carbons (Fsp3) is 0.320. The van der Waals surface area contributed by atoms with Crippen molar-refractivity contribution in [1.82, 2.24) is 4.57 Å². The average Bonchev–Trinajstić information content (AvgIpc) is 3.52. The first kappa shape index (κ1) is 22.2. The van der Waals surface area contributed by atoms with E-state index in [0.29, 0.717) is 44.3 Å². The number of furan rings is 1. The molecular weight excluding hydrogens is 456 g/mol. The van der Waals surface area contributed by atoms with Crippen LogP contribution in [0.1, 0.15) is 49.8 Å². The third-order valence-corrected chi connectivity index (χ3v) is 6.62. The molecule has 0 bridgehead atoms. The lowest BCUT2D eigenvalue weighted by molar-refractivity contribution is -0.139. The van der Waals surface area contributed by atoms with Crippen molar-refractivity contribution >= 4 is 23.4 Å². The Kier molecular flexibility index (Phi) is 5.87. The van der Waals surface area contributed by atoms with Crippen molar-refractivity contribution in [3.8, 4) is 11.5 Å². The molecule has 0 N–H and O–H groups in total. The largest absolute Gasteiger partial charge is 0.463 e. The molecule has 0 aliphatic carbocycles. The van der Waals surface area contributed by atoms with Crippen LogP contribution in [0.5, 0.6) is 11.5 Å². The first-order chi connectivity index (χ1) is 16.5. The van der Waals surface area contributed by atoms with Crippen LogP contribution in [0, 0.1) is 6.92 Å². The van der Waals surface area contributed by atoms with Gasteiger partial charge in [0.1, 0.15) is 11.5 Å². The van der Waals surface area contributed by atoms with E-state index in [2.05, 4.69) is 0 Å². The van der Waals surface area contributed by atoms with E-state index in [4.69, 9.17) is 23.6 Å². The fourth-order valence-electron chi connectivity index (χ4n) is 4.18. The van der Waals surface area contributed by atoms with Crippen LogP contribution in [-0.4, -0.2) is 23.9 Å². The third kappa shape index (κ3) is 3.86. The number of rotatable bonds is 6. The van der Waals surface area contributed by atoms with Gasteiger partial charge in [-0.3, -0.25) is 9.36 Å². The second kappa shape index (κ2) is 8.98. The maximum absolute atomic E-state index is 13.6. The Bertz CT molecular complexity index is 1480. The number of allylic oxidation sites excluding steroid dienone is 1. The fourth-order valence-corrected chi connectivity index (χ4v) is 5.18. The zero-order valence-electron chi connectivity index (χ0n) is 19.1. The van der Waals surface area contributed by atoms with E-state index < -0.39 is 12.0 Å². The second-order valence-electron chi connectivity index (χ2n) is 7.97. The van der Waals surface area contributed by atoms with Crippen LogP contribution in [-0.2, 0) is 9.53 Å². The Morgan fingerprint density at radius 2 is 2.06 bits per heavy atom. The van der Waals surface area contributed by atoms with Gasteiger partial charge >= 0.3 is 5.97 Å². The van der Waals surface area contributed by atoms with Crippen molar-refractivity contribution in [2.75, 3.05) is 13.4 Å². The Morgan fingerprint density at radius 1 is 1.24 bits per heavy atom. The van der Waals surface area contributed by atoms with E-state index >= 15 is 0 Å². The van der Waals surface area contributed by atoms with Crippen molar-refractivity contribution in [2.24, 2.45) is 4.99 Å². The summed E-state index contributed by atoms with van der Waals surface area (Å²) in [7, 11) is 0. The Morgan fingerprint density at radius 3 is 2.79 bits per heavy atom. The summed E-state index contributed by atoms with van der Waals surface area (Å²) in [4.78, 5) is 32.1. The van der Waals surface area contributed by atoms with Crippen LogP contribution in [0.4, 0.5) is 0 Å². The highest BCUT2D eigenvalue weighted by Gasteiger charge is 2.35. The third-order valence-electron chi connectivity index (χ3n) is 5.64. The summed E-state index contributed by atoms with van der Waals surface area (Å²) in [6, 6.07) is 8.41. The molecule has 0 amide bonds. The zero-order valence-corrected chi connectivity index (χ0v) is 19.9. The molecule has 0 saturated carbocycles. The monoisotopic (exact) mass is 480 g/mol. The van der Waals surface area contributed by atoms with E-state index in [0.717, 1.165) is 17.7 Å². The Hall–Kier alpha value is -3.59.